The normalized spacial score (nSPS) is 14.3. The number of hydrogen-bond acceptors (Lipinski definition) is 10. The fourth-order valence-electron chi connectivity index (χ4n) is 3.47. The van der Waals surface area contributed by atoms with Crippen LogP contribution in [-0.2, 0) is 19.7 Å². The number of amides is 3. The van der Waals surface area contributed by atoms with Crippen molar-refractivity contribution < 1.29 is 36.6 Å². The predicted octanol–water partition coefficient (Wildman–Crippen LogP) is 4.81. The van der Waals surface area contributed by atoms with Gasteiger partial charge in [0.25, 0.3) is 16.8 Å². The first kappa shape index (κ1) is 28.8. The van der Waals surface area contributed by atoms with E-state index < -0.39 is 49.2 Å². The molecule has 0 saturated carbocycles. The van der Waals surface area contributed by atoms with Crippen LogP contribution in [0.4, 0.5) is 16.2 Å². The van der Waals surface area contributed by atoms with Crippen molar-refractivity contribution in [3.05, 3.63) is 91.8 Å². The van der Waals surface area contributed by atoms with E-state index in [-0.39, 0.29) is 20.9 Å². The highest BCUT2D eigenvalue weighted by atomic mass is 79.9. The zero-order chi connectivity index (χ0) is 29.0. The van der Waals surface area contributed by atoms with Crippen LogP contribution in [-0.4, -0.2) is 48.9 Å². The molecule has 0 spiro atoms. The molecule has 0 aromatic heterocycles. The fraction of sp³-hybridized carbons (Fsp3) is 0.0800. The molecule has 1 aliphatic rings. The Balaban J connectivity index is 1.54. The van der Waals surface area contributed by atoms with Crippen molar-refractivity contribution in [3.63, 3.8) is 0 Å². The smallest absolute Gasteiger partial charge is 0.339 e. The van der Waals surface area contributed by atoms with Crippen molar-refractivity contribution in [1.29, 1.82) is 0 Å². The molecule has 0 bridgehead atoms. The SMILES string of the molecule is COc1cc(/C=C2\SC(=O)N(CC(=O)Nc3ccccc3)C2=O)cc(Br)c1OS(=O)(=O)c1cccc([N+](=O)[O-])c1. The number of methoxy groups -OCH3 is 1. The molecule has 1 heterocycles. The van der Waals surface area contributed by atoms with Crippen LogP contribution < -0.4 is 14.2 Å². The van der Waals surface area contributed by atoms with E-state index in [9.17, 15) is 32.9 Å². The average molecular weight is 648 g/mol. The second-order valence-corrected chi connectivity index (χ2v) is 11.4. The van der Waals surface area contributed by atoms with E-state index in [1.54, 1.807) is 30.3 Å². The summed E-state index contributed by atoms with van der Waals surface area (Å²) in [6.07, 6.45) is 1.38. The lowest BCUT2D eigenvalue weighted by molar-refractivity contribution is -0.385. The summed E-state index contributed by atoms with van der Waals surface area (Å²) in [7, 11) is -3.23. The number of halogens is 1. The van der Waals surface area contributed by atoms with Gasteiger partial charge in [-0.25, -0.2) is 0 Å². The van der Waals surface area contributed by atoms with Crippen LogP contribution in [0.15, 0.2) is 81.0 Å². The van der Waals surface area contributed by atoms with Crippen molar-refractivity contribution in [2.45, 2.75) is 4.90 Å². The molecule has 0 aliphatic carbocycles. The summed E-state index contributed by atoms with van der Waals surface area (Å²) < 4.78 is 36.3. The van der Waals surface area contributed by atoms with E-state index in [1.807, 2.05) is 0 Å². The van der Waals surface area contributed by atoms with Crippen molar-refractivity contribution in [2.24, 2.45) is 0 Å². The number of para-hydroxylation sites is 1. The Bertz CT molecular complexity index is 1660. The summed E-state index contributed by atoms with van der Waals surface area (Å²) in [6.45, 7) is -0.480. The number of nitrogens with one attached hydrogen (secondary N) is 1. The van der Waals surface area contributed by atoms with Crippen LogP contribution in [0, 0.1) is 10.1 Å². The maximum Gasteiger partial charge on any atom is 0.339 e. The zero-order valence-electron chi connectivity index (χ0n) is 20.4. The first-order chi connectivity index (χ1) is 19.0. The Morgan fingerprint density at radius 2 is 1.85 bits per heavy atom. The third kappa shape index (κ3) is 6.50. The number of anilines is 1. The second kappa shape index (κ2) is 11.9. The lowest BCUT2D eigenvalue weighted by Gasteiger charge is -2.14. The van der Waals surface area contributed by atoms with Gasteiger partial charge in [0.1, 0.15) is 11.4 Å². The lowest BCUT2D eigenvalue weighted by atomic mass is 10.2. The van der Waals surface area contributed by atoms with Gasteiger partial charge in [-0.2, -0.15) is 8.42 Å². The molecular weight excluding hydrogens is 630 g/mol. The molecule has 12 nitrogen and oxygen atoms in total. The van der Waals surface area contributed by atoms with Crippen LogP contribution in [0.5, 0.6) is 11.5 Å². The van der Waals surface area contributed by atoms with Crippen molar-refractivity contribution in [3.8, 4) is 11.5 Å². The number of benzene rings is 3. The average Bonchev–Trinajstić information content (AvgIpc) is 3.17. The molecule has 40 heavy (non-hydrogen) atoms. The van der Waals surface area contributed by atoms with Gasteiger partial charge in [0, 0.05) is 17.8 Å². The minimum atomic E-state index is -4.49. The minimum Gasteiger partial charge on any atom is -0.493 e. The number of carbonyl (C=O) groups excluding carboxylic acids is 3. The van der Waals surface area contributed by atoms with Crippen molar-refractivity contribution >= 4 is 72.3 Å². The van der Waals surface area contributed by atoms with E-state index in [1.165, 1.54) is 31.4 Å². The quantitative estimate of drug-likeness (QED) is 0.148. The molecule has 0 unspecified atom stereocenters. The molecular formula is C25H18BrN3O9S2. The van der Waals surface area contributed by atoms with Crippen molar-refractivity contribution in [2.75, 3.05) is 19.0 Å². The zero-order valence-corrected chi connectivity index (χ0v) is 23.6. The Kier molecular flexibility index (Phi) is 8.56. The molecule has 0 atom stereocenters. The molecule has 4 rings (SSSR count). The first-order valence-electron chi connectivity index (χ1n) is 11.2. The Hall–Kier alpha value is -4.21. The highest BCUT2D eigenvalue weighted by molar-refractivity contribution is 9.10. The van der Waals surface area contributed by atoms with Gasteiger partial charge < -0.3 is 14.2 Å². The Morgan fingerprint density at radius 3 is 2.52 bits per heavy atom. The summed E-state index contributed by atoms with van der Waals surface area (Å²) in [5, 5.41) is 13.0. The number of rotatable bonds is 9. The topological polar surface area (TPSA) is 162 Å². The molecule has 0 radical (unpaired) electrons. The van der Waals surface area contributed by atoms with E-state index in [2.05, 4.69) is 21.2 Å². The maximum absolute atomic E-state index is 12.9. The lowest BCUT2D eigenvalue weighted by Crippen LogP contribution is -2.36. The molecule has 3 aromatic rings. The number of thioether (sulfide) groups is 1. The second-order valence-electron chi connectivity index (χ2n) is 8.01. The van der Waals surface area contributed by atoms with Crippen molar-refractivity contribution in [1.82, 2.24) is 4.90 Å². The summed E-state index contributed by atoms with van der Waals surface area (Å²) in [5.74, 6) is -1.51. The van der Waals surface area contributed by atoms with Gasteiger partial charge in [-0.05, 0) is 69.7 Å². The molecule has 15 heteroatoms. The Labute approximate surface area is 240 Å². The summed E-state index contributed by atoms with van der Waals surface area (Å²) in [4.78, 5) is 48.4. The van der Waals surface area contributed by atoms with Crippen LogP contribution in [0.3, 0.4) is 0 Å². The number of non-ortho nitro benzene ring substituents is 1. The highest BCUT2D eigenvalue weighted by Crippen LogP contribution is 2.40. The maximum atomic E-state index is 12.9. The van der Waals surface area contributed by atoms with E-state index in [0.29, 0.717) is 23.0 Å². The fourth-order valence-corrected chi connectivity index (χ4v) is 5.95. The molecule has 3 amide bonds. The molecule has 1 aliphatic heterocycles. The van der Waals surface area contributed by atoms with E-state index >= 15 is 0 Å². The number of imide groups is 1. The molecule has 1 fully saturated rings. The first-order valence-corrected chi connectivity index (χ1v) is 14.2. The number of ether oxygens (including phenoxy) is 1. The van der Waals surface area contributed by atoms with Gasteiger partial charge in [-0.15, -0.1) is 0 Å². The molecule has 3 aromatic carbocycles. The summed E-state index contributed by atoms with van der Waals surface area (Å²) in [6, 6.07) is 15.7. The summed E-state index contributed by atoms with van der Waals surface area (Å²) in [5.41, 5.74) is 0.433. The largest absolute Gasteiger partial charge is 0.493 e. The van der Waals surface area contributed by atoms with E-state index in [4.69, 9.17) is 8.92 Å². The standard InChI is InChI=1S/C25H18BrN3O9S2/c1-37-20-11-15(10-19(26)23(20)38-40(35,36)18-9-5-8-17(13-18)29(33)34)12-21-24(31)28(25(32)39-21)14-22(30)27-16-6-3-2-4-7-16/h2-13H,14H2,1H3,(H,27,30)/b21-12-. The van der Waals surface area contributed by atoms with Gasteiger partial charge in [-0.1, -0.05) is 24.3 Å². The monoisotopic (exact) mass is 647 g/mol. The van der Waals surface area contributed by atoms with Crippen LogP contribution in [0.2, 0.25) is 0 Å². The number of nitro benzene ring substituents is 1. The van der Waals surface area contributed by atoms with Crippen LogP contribution in [0.1, 0.15) is 5.56 Å². The number of carbonyl (C=O) groups is 3. The third-order valence-electron chi connectivity index (χ3n) is 5.29. The van der Waals surface area contributed by atoms with Gasteiger partial charge in [0.2, 0.25) is 5.91 Å². The Morgan fingerprint density at radius 1 is 1.12 bits per heavy atom. The third-order valence-corrected chi connectivity index (χ3v) is 8.01. The van der Waals surface area contributed by atoms with Gasteiger partial charge >= 0.3 is 10.1 Å². The highest BCUT2D eigenvalue weighted by Gasteiger charge is 2.36. The minimum absolute atomic E-state index is 0.0318. The van der Waals surface area contributed by atoms with Gasteiger partial charge in [-0.3, -0.25) is 29.4 Å². The number of nitrogens with zero attached hydrogens (tertiary/aromatic N) is 2. The van der Waals surface area contributed by atoms with Gasteiger partial charge in [0.15, 0.2) is 11.5 Å². The predicted molar refractivity (Wildman–Crippen MR) is 149 cm³/mol. The van der Waals surface area contributed by atoms with E-state index in [0.717, 1.165) is 23.1 Å². The number of hydrogen-bond donors (Lipinski definition) is 1. The van der Waals surface area contributed by atoms with Crippen LogP contribution >= 0.6 is 27.7 Å². The molecule has 206 valence electrons. The molecule has 1 N–H and O–H groups in total. The van der Waals surface area contributed by atoms with Gasteiger partial charge in [0.05, 0.1) is 21.4 Å². The van der Waals surface area contributed by atoms with Crippen LogP contribution in [0.25, 0.3) is 6.08 Å². The summed E-state index contributed by atoms with van der Waals surface area (Å²) >= 11 is 3.86. The number of nitro groups is 1. The molecule has 1 saturated heterocycles.